The molecule has 0 aliphatic heterocycles. The van der Waals surface area contributed by atoms with Crippen LogP contribution in [-0.2, 0) is 11.7 Å². The summed E-state index contributed by atoms with van der Waals surface area (Å²) in [4.78, 5) is 12.7. The number of nitrogens with two attached hydrogens (primary N) is 1. The lowest BCUT2D eigenvalue weighted by Gasteiger charge is -2.43. The topological polar surface area (TPSA) is 55.1 Å². The van der Waals surface area contributed by atoms with Gasteiger partial charge in [0.15, 0.2) is 0 Å². The van der Waals surface area contributed by atoms with Gasteiger partial charge in [-0.2, -0.15) is 13.2 Å². The fraction of sp³-hybridized carbons (Fsp3) is 0.316. The highest BCUT2D eigenvalue weighted by Gasteiger charge is 2.41. The van der Waals surface area contributed by atoms with Crippen LogP contribution in [-0.4, -0.2) is 5.91 Å². The number of anilines is 1. The van der Waals surface area contributed by atoms with Crippen LogP contribution >= 0.6 is 12.4 Å². The lowest BCUT2D eigenvalue weighted by molar-refractivity contribution is -0.137. The molecule has 1 fully saturated rings. The van der Waals surface area contributed by atoms with Gasteiger partial charge in [-0.3, -0.25) is 4.79 Å². The van der Waals surface area contributed by atoms with Gasteiger partial charge >= 0.3 is 6.18 Å². The number of alkyl halides is 3. The zero-order valence-electron chi connectivity index (χ0n) is 14.2. The van der Waals surface area contributed by atoms with E-state index in [2.05, 4.69) is 5.32 Å². The minimum Gasteiger partial charge on any atom is -0.399 e. The minimum absolute atomic E-state index is 0. The van der Waals surface area contributed by atoms with Crippen molar-refractivity contribution in [3.63, 3.8) is 0 Å². The summed E-state index contributed by atoms with van der Waals surface area (Å²) in [6.07, 6.45) is -2.33. The molecule has 1 amide bonds. The maximum Gasteiger partial charge on any atom is 0.416 e. The first-order valence-electron chi connectivity index (χ1n) is 8.08. The molecule has 0 aromatic heterocycles. The van der Waals surface area contributed by atoms with Gasteiger partial charge in [0, 0.05) is 11.3 Å². The van der Waals surface area contributed by atoms with E-state index in [-0.39, 0.29) is 18.3 Å². The van der Waals surface area contributed by atoms with Crippen LogP contribution in [0.5, 0.6) is 0 Å². The maximum absolute atomic E-state index is 13.0. The summed E-state index contributed by atoms with van der Waals surface area (Å²) < 4.78 is 39.0. The summed E-state index contributed by atoms with van der Waals surface area (Å²) in [5.74, 6) is -0.318. The molecule has 1 saturated carbocycles. The van der Waals surface area contributed by atoms with Crippen LogP contribution in [0.3, 0.4) is 0 Å². The van der Waals surface area contributed by atoms with Gasteiger partial charge in [-0.15, -0.1) is 12.4 Å². The molecule has 0 atom stereocenters. The first-order valence-corrected chi connectivity index (χ1v) is 8.08. The zero-order valence-corrected chi connectivity index (χ0v) is 15.0. The quantitative estimate of drug-likeness (QED) is 0.745. The van der Waals surface area contributed by atoms with Gasteiger partial charge in [-0.25, -0.2) is 0 Å². The predicted octanol–water partition coefficient (Wildman–Crippen LogP) is 4.83. The van der Waals surface area contributed by atoms with E-state index in [0.717, 1.165) is 24.1 Å². The molecule has 0 radical (unpaired) electrons. The van der Waals surface area contributed by atoms with Crippen molar-refractivity contribution in [3.8, 4) is 0 Å². The van der Waals surface area contributed by atoms with Crippen molar-refractivity contribution in [1.29, 1.82) is 0 Å². The molecular weight excluding hydrogens is 365 g/mol. The second-order valence-electron chi connectivity index (χ2n) is 6.54. The average Bonchev–Trinajstić information content (AvgIpc) is 2.52. The normalized spacial score (nSPS) is 15.5. The van der Waals surface area contributed by atoms with E-state index < -0.39 is 17.3 Å². The van der Waals surface area contributed by atoms with Crippen LogP contribution in [0.1, 0.15) is 46.3 Å². The number of hydrogen-bond donors (Lipinski definition) is 2. The summed E-state index contributed by atoms with van der Waals surface area (Å²) in [5, 5.41) is 2.95. The van der Waals surface area contributed by atoms with E-state index in [1.54, 1.807) is 31.2 Å². The summed E-state index contributed by atoms with van der Waals surface area (Å²) in [7, 11) is 0. The molecule has 0 spiro atoms. The number of benzene rings is 2. The van der Waals surface area contributed by atoms with Gasteiger partial charge in [0.05, 0.1) is 11.1 Å². The zero-order chi connectivity index (χ0) is 18.2. The van der Waals surface area contributed by atoms with Gasteiger partial charge in [0.1, 0.15) is 0 Å². The maximum atomic E-state index is 13.0. The summed E-state index contributed by atoms with van der Waals surface area (Å²) in [5.41, 5.74) is 6.46. The van der Waals surface area contributed by atoms with E-state index >= 15 is 0 Å². The van der Waals surface area contributed by atoms with Gasteiger partial charge < -0.3 is 11.1 Å². The summed E-state index contributed by atoms with van der Waals surface area (Å²) >= 11 is 0. The Balaban J connectivity index is 0.00000243. The van der Waals surface area contributed by atoms with Crippen LogP contribution in [0.4, 0.5) is 18.9 Å². The van der Waals surface area contributed by atoms with Gasteiger partial charge in [0.2, 0.25) is 0 Å². The Morgan fingerprint density at radius 2 is 1.85 bits per heavy atom. The predicted molar refractivity (Wildman–Crippen MR) is 97.3 cm³/mol. The number of carbonyl (C=O) groups is 1. The van der Waals surface area contributed by atoms with Gasteiger partial charge in [-0.05, 0) is 61.6 Å². The Bertz CT molecular complexity index is 817. The van der Waals surface area contributed by atoms with Crippen molar-refractivity contribution in [2.75, 3.05) is 5.73 Å². The van der Waals surface area contributed by atoms with Gasteiger partial charge in [-0.1, -0.05) is 18.2 Å². The Morgan fingerprint density at radius 1 is 1.15 bits per heavy atom. The fourth-order valence-corrected chi connectivity index (χ4v) is 3.18. The SMILES string of the molecule is Cc1ccc(N)cc1C(=O)NC1(c2cccc(C(F)(F)F)c2)CCC1.Cl. The average molecular weight is 385 g/mol. The number of halogens is 4. The number of rotatable bonds is 3. The molecule has 3 N–H and O–H groups in total. The lowest BCUT2D eigenvalue weighted by atomic mass is 9.71. The second-order valence-corrected chi connectivity index (χ2v) is 6.54. The minimum atomic E-state index is -4.41. The highest BCUT2D eigenvalue weighted by atomic mass is 35.5. The molecule has 1 aliphatic carbocycles. The van der Waals surface area contributed by atoms with E-state index in [1.165, 1.54) is 6.07 Å². The van der Waals surface area contributed by atoms with E-state index in [0.29, 0.717) is 29.7 Å². The smallest absolute Gasteiger partial charge is 0.399 e. The first kappa shape index (κ1) is 20.1. The largest absolute Gasteiger partial charge is 0.416 e. The Kier molecular flexibility index (Phi) is 5.56. The summed E-state index contributed by atoms with van der Waals surface area (Å²) in [6, 6.07) is 10.2. The van der Waals surface area contributed by atoms with E-state index in [9.17, 15) is 18.0 Å². The molecule has 1 aliphatic rings. The number of carbonyl (C=O) groups excluding carboxylic acids is 1. The van der Waals surface area contributed by atoms with E-state index in [4.69, 9.17) is 5.73 Å². The molecule has 7 heteroatoms. The van der Waals surface area contributed by atoms with Crippen LogP contribution in [0.2, 0.25) is 0 Å². The number of nitrogen functional groups attached to an aromatic ring is 1. The number of aryl methyl sites for hydroxylation is 1. The van der Waals surface area contributed by atoms with E-state index in [1.807, 2.05) is 0 Å². The van der Waals surface area contributed by atoms with Crippen molar-refractivity contribution in [3.05, 3.63) is 64.7 Å². The van der Waals surface area contributed by atoms with Gasteiger partial charge in [0.25, 0.3) is 5.91 Å². The number of hydrogen-bond acceptors (Lipinski definition) is 2. The van der Waals surface area contributed by atoms with Crippen molar-refractivity contribution < 1.29 is 18.0 Å². The van der Waals surface area contributed by atoms with Crippen molar-refractivity contribution in [2.45, 2.75) is 37.9 Å². The highest BCUT2D eigenvalue weighted by Crippen LogP contribution is 2.43. The molecule has 3 nitrogen and oxygen atoms in total. The van der Waals surface area contributed by atoms with Crippen molar-refractivity contribution in [2.24, 2.45) is 0 Å². The molecule has 0 saturated heterocycles. The number of amides is 1. The molecule has 140 valence electrons. The Hall–Kier alpha value is -2.21. The molecule has 0 unspecified atom stereocenters. The molecule has 2 aromatic carbocycles. The van der Waals surface area contributed by atoms with Crippen LogP contribution in [0.15, 0.2) is 42.5 Å². The first-order chi connectivity index (χ1) is 11.7. The third kappa shape index (κ3) is 3.80. The Labute approximate surface area is 156 Å². The molecule has 0 bridgehead atoms. The lowest BCUT2D eigenvalue weighted by Crippen LogP contribution is -2.51. The van der Waals surface area contributed by atoms with Crippen molar-refractivity contribution in [1.82, 2.24) is 5.32 Å². The second kappa shape index (κ2) is 7.19. The summed E-state index contributed by atoms with van der Waals surface area (Å²) in [6.45, 7) is 1.80. The molecule has 2 aromatic rings. The number of nitrogens with one attached hydrogen (secondary N) is 1. The van der Waals surface area contributed by atoms with Crippen LogP contribution in [0.25, 0.3) is 0 Å². The molecule has 3 rings (SSSR count). The Morgan fingerprint density at radius 3 is 2.42 bits per heavy atom. The fourth-order valence-electron chi connectivity index (χ4n) is 3.18. The standard InChI is InChI=1S/C19H19F3N2O.ClH/c1-12-6-7-15(23)11-16(12)17(25)24-18(8-3-9-18)13-4-2-5-14(10-13)19(20,21)22;/h2,4-7,10-11H,3,8-9,23H2,1H3,(H,24,25);1H. The molecule has 0 heterocycles. The third-order valence-corrected chi connectivity index (χ3v) is 4.81. The van der Waals surface area contributed by atoms with Crippen molar-refractivity contribution >= 4 is 24.0 Å². The van der Waals surface area contributed by atoms with Crippen LogP contribution < -0.4 is 11.1 Å². The highest BCUT2D eigenvalue weighted by molar-refractivity contribution is 5.97. The van der Waals surface area contributed by atoms with Crippen LogP contribution in [0, 0.1) is 6.92 Å². The monoisotopic (exact) mass is 384 g/mol. The molecule has 26 heavy (non-hydrogen) atoms. The third-order valence-electron chi connectivity index (χ3n) is 4.81. The molecular formula is C19H20ClF3N2O.